The molecular weight excluding hydrogens is 370 g/mol. The Morgan fingerprint density at radius 2 is 1.69 bits per heavy atom. The van der Waals surface area contributed by atoms with Gasteiger partial charge < -0.3 is 5.32 Å². The molecule has 0 radical (unpaired) electrons. The van der Waals surface area contributed by atoms with Crippen molar-refractivity contribution in [2.75, 3.05) is 0 Å². The van der Waals surface area contributed by atoms with Gasteiger partial charge in [-0.1, -0.05) is 41.2 Å². The summed E-state index contributed by atoms with van der Waals surface area (Å²) < 4.78 is 0. The predicted octanol–water partition coefficient (Wildman–Crippen LogP) is 3.62. The maximum atomic E-state index is 10.7. The number of allylic oxidation sites excluding steroid dienone is 3. The molecule has 0 aromatic rings. The third-order valence-electron chi connectivity index (χ3n) is 1.05. The molecule has 2 nitrogen and oxygen atoms in total. The number of hydrogen-bond donors (Lipinski definition) is 1. The molecule has 0 bridgehead atoms. The van der Waals surface area contributed by atoms with Crippen LogP contribution >= 0.6 is 0 Å². The van der Waals surface area contributed by atoms with E-state index in [0.29, 0.717) is 5.70 Å². The molecule has 0 aromatic carbocycles. The van der Waals surface area contributed by atoms with Crippen molar-refractivity contribution in [2.24, 2.45) is 0 Å². The van der Waals surface area contributed by atoms with Crippen molar-refractivity contribution >= 4 is 5.91 Å². The number of nitrogens with one attached hydrogen (secondary N) is 1. The van der Waals surface area contributed by atoms with E-state index >= 15 is 0 Å². The molecule has 0 saturated heterocycles. The van der Waals surface area contributed by atoms with Crippen LogP contribution in [0.2, 0.25) is 0 Å². The summed E-state index contributed by atoms with van der Waals surface area (Å²) in [7, 11) is 0. The van der Waals surface area contributed by atoms with Gasteiger partial charge in [-0.3, -0.25) is 10.9 Å². The topological polar surface area (TPSA) is 29.1 Å². The number of amides is 1. The zero-order valence-corrected chi connectivity index (χ0v) is 14.2. The minimum absolute atomic E-state index is 0. The van der Waals surface area contributed by atoms with Gasteiger partial charge in [0.05, 0.1) is 0 Å². The van der Waals surface area contributed by atoms with Crippen molar-refractivity contribution in [3.8, 4) is 0 Å². The second-order valence-electron chi connectivity index (χ2n) is 1.86. The summed E-state index contributed by atoms with van der Waals surface area (Å²) in [4.78, 5) is 10.7. The Bertz CT molecular complexity index is 208. The van der Waals surface area contributed by atoms with E-state index in [1.807, 2.05) is 40.7 Å². The Kier molecular flexibility index (Phi) is 36.7. The molecular formula is C13H24NOW-. The molecule has 0 fully saturated rings. The van der Waals surface area contributed by atoms with Crippen LogP contribution in [0, 0.1) is 6.08 Å². The van der Waals surface area contributed by atoms with E-state index in [1.165, 1.54) is 6.08 Å². The maximum Gasteiger partial charge on any atom is 0.245 e. The summed E-state index contributed by atoms with van der Waals surface area (Å²) >= 11 is 0. The molecule has 0 saturated carbocycles. The fraction of sp³-hybridized carbons (Fsp3) is 0.462. The molecule has 0 aromatic heterocycles. The van der Waals surface area contributed by atoms with Gasteiger partial charge in [-0.05, 0) is 6.08 Å². The Hall–Kier alpha value is -0.622. The van der Waals surface area contributed by atoms with Gasteiger partial charge in [0.1, 0.15) is 0 Å². The van der Waals surface area contributed by atoms with Crippen molar-refractivity contribution in [3.63, 3.8) is 0 Å². The zero-order valence-electron chi connectivity index (χ0n) is 11.3. The van der Waals surface area contributed by atoms with E-state index in [0.717, 1.165) is 0 Å². The van der Waals surface area contributed by atoms with Gasteiger partial charge in [0.15, 0.2) is 0 Å². The monoisotopic (exact) mass is 394 g/mol. The largest absolute Gasteiger partial charge is 0.358 e. The number of rotatable bonds is 3. The van der Waals surface area contributed by atoms with Crippen molar-refractivity contribution in [3.05, 3.63) is 36.6 Å². The van der Waals surface area contributed by atoms with Crippen LogP contribution in [0.5, 0.6) is 0 Å². The molecule has 16 heavy (non-hydrogen) atoms. The Labute approximate surface area is 115 Å². The summed E-state index contributed by atoms with van der Waals surface area (Å²) in [6.45, 7) is 14.9. The molecule has 0 spiro atoms. The third-order valence-corrected chi connectivity index (χ3v) is 1.05. The summed E-state index contributed by atoms with van der Waals surface area (Å²) in [5.41, 5.74) is 0.664. The van der Waals surface area contributed by atoms with Crippen molar-refractivity contribution in [1.82, 2.24) is 5.32 Å². The predicted molar refractivity (Wildman–Crippen MR) is 68.3 cm³/mol. The quantitative estimate of drug-likeness (QED) is 0.442. The third kappa shape index (κ3) is 19.0. The van der Waals surface area contributed by atoms with E-state index in [4.69, 9.17) is 0 Å². The van der Waals surface area contributed by atoms with E-state index in [9.17, 15) is 4.79 Å². The molecule has 0 atom stereocenters. The molecule has 1 N–H and O–H groups in total. The van der Waals surface area contributed by atoms with E-state index in [1.54, 1.807) is 13.0 Å². The van der Waals surface area contributed by atoms with E-state index < -0.39 is 0 Å². The molecule has 0 rings (SSSR count). The molecule has 1 amide bonds. The normalized spacial score (nSPS) is 8.75. The van der Waals surface area contributed by atoms with Gasteiger partial charge in [0.25, 0.3) is 0 Å². The second kappa shape index (κ2) is 23.9. The Morgan fingerprint density at radius 1 is 1.25 bits per heavy atom. The minimum Gasteiger partial charge on any atom is -0.358 e. The van der Waals surface area contributed by atoms with Crippen LogP contribution in [0.15, 0.2) is 30.5 Å². The van der Waals surface area contributed by atoms with Gasteiger partial charge in [0, 0.05) is 21.1 Å². The van der Waals surface area contributed by atoms with E-state index in [-0.39, 0.29) is 27.0 Å². The van der Waals surface area contributed by atoms with Gasteiger partial charge >= 0.3 is 0 Å². The molecule has 0 aliphatic rings. The molecule has 0 aliphatic heterocycles. The van der Waals surface area contributed by atoms with Crippen LogP contribution in [0.3, 0.4) is 0 Å². The fourth-order valence-electron chi connectivity index (χ4n) is 0.538. The first-order valence-electron chi connectivity index (χ1n) is 5.35. The Morgan fingerprint density at radius 3 is 1.94 bits per heavy atom. The van der Waals surface area contributed by atoms with E-state index in [2.05, 4.69) is 18.0 Å². The first kappa shape index (κ1) is 24.6. The second-order valence-corrected chi connectivity index (χ2v) is 1.86. The van der Waals surface area contributed by atoms with Crippen LogP contribution in [0.1, 0.15) is 41.5 Å². The maximum absolute atomic E-state index is 10.7. The first-order valence-corrected chi connectivity index (χ1v) is 5.35. The average Bonchev–Trinajstić information content (AvgIpc) is 2.33. The van der Waals surface area contributed by atoms with Crippen LogP contribution in [-0.4, -0.2) is 5.91 Å². The van der Waals surface area contributed by atoms with Gasteiger partial charge in [-0.15, -0.1) is 12.6 Å². The summed E-state index contributed by atoms with van der Waals surface area (Å²) in [5.74, 6) is -0.215. The van der Waals surface area contributed by atoms with Gasteiger partial charge in [-0.25, -0.2) is 0 Å². The van der Waals surface area contributed by atoms with Gasteiger partial charge in [-0.2, -0.15) is 12.2 Å². The zero-order chi connectivity index (χ0) is 12.7. The van der Waals surface area contributed by atoms with Crippen LogP contribution < -0.4 is 5.32 Å². The van der Waals surface area contributed by atoms with Crippen molar-refractivity contribution in [1.29, 1.82) is 0 Å². The standard InChI is InChI=1S/C9H12NO.2C2H6.W/c1-4-7-8(5-2)10-9(11)6-3;2*1-2;/h4,6-7H,3H2,1-2H3,(H,10,11);2*1-2H3;/q-1;;;/b7-4-;;;. The SMILES string of the molecule is C=CC(=O)NC(=[C-]C)/C=C\C.CC.CC.[W]. The van der Waals surface area contributed by atoms with Crippen LogP contribution in [0.4, 0.5) is 0 Å². The fourth-order valence-corrected chi connectivity index (χ4v) is 0.538. The van der Waals surface area contributed by atoms with Crippen molar-refractivity contribution in [2.45, 2.75) is 41.5 Å². The number of hydrogen-bond acceptors (Lipinski definition) is 1. The summed E-state index contributed by atoms with van der Waals surface area (Å²) in [6, 6.07) is 0. The smallest absolute Gasteiger partial charge is 0.245 e. The van der Waals surface area contributed by atoms with Crippen LogP contribution in [-0.2, 0) is 25.9 Å². The van der Waals surface area contributed by atoms with Gasteiger partial charge in [0.2, 0.25) is 5.91 Å². The molecule has 0 aliphatic carbocycles. The molecule has 0 unspecified atom stereocenters. The first-order chi connectivity index (χ1) is 7.24. The number of carbonyl (C=O) groups is 1. The Balaban J connectivity index is -0.000000129. The summed E-state index contributed by atoms with van der Waals surface area (Å²) in [5, 5.41) is 2.58. The van der Waals surface area contributed by atoms with Crippen LogP contribution in [0.25, 0.3) is 0 Å². The number of carbonyl (C=O) groups excluding carboxylic acids is 1. The molecule has 0 heterocycles. The summed E-state index contributed by atoms with van der Waals surface area (Å²) in [6.07, 6.45) is 7.64. The van der Waals surface area contributed by atoms with Crippen molar-refractivity contribution < 1.29 is 25.9 Å². The minimum atomic E-state index is -0.215. The molecule has 94 valence electrons. The molecule has 3 heteroatoms. The average molecular weight is 394 g/mol.